The lowest BCUT2D eigenvalue weighted by atomic mass is 10.2. The van der Waals surface area contributed by atoms with Crippen LogP contribution in [0.25, 0.3) is 0 Å². The van der Waals surface area contributed by atoms with E-state index in [2.05, 4.69) is 5.16 Å². The van der Waals surface area contributed by atoms with Gasteiger partial charge < -0.3 is 14.0 Å². The molecule has 0 fully saturated rings. The van der Waals surface area contributed by atoms with Crippen molar-refractivity contribution in [2.75, 3.05) is 7.11 Å². The normalized spacial score (nSPS) is 10.6. The van der Waals surface area contributed by atoms with Gasteiger partial charge in [0, 0.05) is 18.7 Å². The van der Waals surface area contributed by atoms with Gasteiger partial charge in [-0.1, -0.05) is 5.16 Å². The predicted molar refractivity (Wildman–Crippen MR) is 63.3 cm³/mol. The topological polar surface area (TPSA) is 61.6 Å². The Bertz CT molecular complexity index is 589. The van der Waals surface area contributed by atoms with Crippen molar-refractivity contribution in [2.24, 2.45) is 0 Å². The van der Waals surface area contributed by atoms with Gasteiger partial charge in [-0.3, -0.25) is 4.79 Å². The Balaban J connectivity index is 2.08. The molecule has 0 atom stereocenters. The zero-order valence-corrected chi connectivity index (χ0v) is 10.6. The first-order valence-electron chi connectivity index (χ1n) is 5.64. The first-order valence-corrected chi connectivity index (χ1v) is 5.64. The Morgan fingerprint density at radius 2 is 1.95 bits per heavy atom. The molecule has 1 aromatic carbocycles. The van der Waals surface area contributed by atoms with Crippen LogP contribution in [0.15, 0.2) is 22.7 Å². The summed E-state index contributed by atoms with van der Waals surface area (Å²) in [5.41, 5.74) is 0.270. The number of ether oxygens (including phenoxy) is 2. The van der Waals surface area contributed by atoms with E-state index in [1.54, 1.807) is 6.07 Å². The highest BCUT2D eigenvalue weighted by Crippen LogP contribution is 2.23. The van der Waals surface area contributed by atoms with Crippen molar-refractivity contribution < 1.29 is 27.6 Å². The summed E-state index contributed by atoms with van der Waals surface area (Å²) < 4.78 is 41.8. The third-order valence-electron chi connectivity index (χ3n) is 2.42. The van der Waals surface area contributed by atoms with Crippen molar-refractivity contribution in [2.45, 2.75) is 13.2 Å². The molecular weight excluding hydrogens is 272 g/mol. The van der Waals surface area contributed by atoms with Crippen molar-refractivity contribution in [3.8, 4) is 5.75 Å². The van der Waals surface area contributed by atoms with E-state index in [9.17, 15) is 13.6 Å². The molecule has 0 bridgehead atoms. The standard InChI is InChI=1S/C13H11F2NO4/c1-18-7-10-4-9(16-20-10)6-19-13-11(14)2-8(5-17)3-12(13)15/h2-5H,6-7H2,1H3. The maximum Gasteiger partial charge on any atom is 0.191 e. The van der Waals surface area contributed by atoms with Gasteiger partial charge in [0.25, 0.3) is 0 Å². The fourth-order valence-corrected chi connectivity index (χ4v) is 1.57. The van der Waals surface area contributed by atoms with Gasteiger partial charge in [0.1, 0.15) is 25.2 Å². The fraction of sp³-hybridized carbons (Fsp3) is 0.231. The minimum absolute atomic E-state index is 0.101. The Kier molecular flexibility index (Phi) is 4.41. The number of benzene rings is 1. The zero-order valence-electron chi connectivity index (χ0n) is 10.6. The van der Waals surface area contributed by atoms with E-state index in [1.165, 1.54) is 7.11 Å². The van der Waals surface area contributed by atoms with Gasteiger partial charge in [-0.05, 0) is 12.1 Å². The summed E-state index contributed by atoms with van der Waals surface area (Å²) in [5, 5.41) is 3.66. The summed E-state index contributed by atoms with van der Waals surface area (Å²) >= 11 is 0. The monoisotopic (exact) mass is 283 g/mol. The number of hydrogen-bond donors (Lipinski definition) is 0. The first-order chi connectivity index (χ1) is 9.63. The lowest BCUT2D eigenvalue weighted by molar-refractivity contribution is 0.112. The van der Waals surface area contributed by atoms with Gasteiger partial charge in [-0.25, -0.2) is 8.78 Å². The maximum absolute atomic E-state index is 13.5. The first kappa shape index (κ1) is 14.1. The molecule has 1 aromatic heterocycles. The number of aromatic nitrogens is 1. The number of carbonyl (C=O) groups excluding carboxylic acids is 1. The number of carbonyl (C=O) groups is 1. The average molecular weight is 283 g/mol. The Labute approximate surface area is 113 Å². The Morgan fingerprint density at radius 1 is 1.25 bits per heavy atom. The van der Waals surface area contributed by atoms with Gasteiger partial charge in [0.05, 0.1) is 0 Å². The highest BCUT2D eigenvalue weighted by Gasteiger charge is 2.14. The van der Waals surface area contributed by atoms with E-state index < -0.39 is 17.4 Å². The van der Waals surface area contributed by atoms with Crippen molar-refractivity contribution in [3.63, 3.8) is 0 Å². The molecule has 0 saturated heterocycles. The molecule has 0 radical (unpaired) electrons. The molecule has 1 heterocycles. The van der Waals surface area contributed by atoms with Crippen LogP contribution in [0, 0.1) is 11.6 Å². The molecular formula is C13H11F2NO4. The van der Waals surface area contributed by atoms with E-state index in [-0.39, 0.29) is 18.8 Å². The maximum atomic E-state index is 13.5. The summed E-state index contributed by atoms with van der Waals surface area (Å²) in [5.74, 6) is -1.99. The number of nitrogens with zero attached hydrogens (tertiary/aromatic N) is 1. The van der Waals surface area contributed by atoms with Gasteiger partial charge in [-0.15, -0.1) is 0 Å². The SMILES string of the molecule is COCc1cc(COc2c(F)cc(C=O)cc2F)no1. The van der Waals surface area contributed by atoms with E-state index in [1.807, 2.05) is 0 Å². The highest BCUT2D eigenvalue weighted by molar-refractivity contribution is 5.75. The molecule has 5 nitrogen and oxygen atoms in total. The molecule has 0 aliphatic heterocycles. The van der Waals surface area contributed by atoms with Crippen molar-refractivity contribution in [1.82, 2.24) is 5.16 Å². The molecule has 0 amide bonds. The molecule has 106 valence electrons. The van der Waals surface area contributed by atoms with Crippen molar-refractivity contribution >= 4 is 6.29 Å². The second-order valence-electron chi connectivity index (χ2n) is 3.94. The molecule has 0 aliphatic rings. The quantitative estimate of drug-likeness (QED) is 0.762. The Hall–Kier alpha value is -2.28. The van der Waals surface area contributed by atoms with Gasteiger partial charge in [-0.2, -0.15) is 0 Å². The van der Waals surface area contributed by atoms with Crippen LogP contribution in [0.1, 0.15) is 21.8 Å². The largest absolute Gasteiger partial charge is 0.481 e. The number of rotatable bonds is 6. The lowest BCUT2D eigenvalue weighted by Crippen LogP contribution is -2.01. The van der Waals surface area contributed by atoms with E-state index >= 15 is 0 Å². The molecule has 2 aromatic rings. The summed E-state index contributed by atoms with van der Waals surface area (Å²) in [6.07, 6.45) is 0.352. The molecule has 7 heteroatoms. The van der Waals surface area contributed by atoms with Crippen LogP contribution in [0.5, 0.6) is 5.75 Å². The smallest absolute Gasteiger partial charge is 0.191 e. The molecule has 20 heavy (non-hydrogen) atoms. The highest BCUT2D eigenvalue weighted by atomic mass is 19.1. The third kappa shape index (κ3) is 3.18. The summed E-state index contributed by atoms with van der Waals surface area (Å²) in [6, 6.07) is 3.34. The summed E-state index contributed by atoms with van der Waals surface area (Å²) in [6.45, 7) is 0.0746. The fourth-order valence-electron chi connectivity index (χ4n) is 1.57. The van der Waals surface area contributed by atoms with Gasteiger partial charge >= 0.3 is 0 Å². The van der Waals surface area contributed by atoms with Crippen LogP contribution in [0.4, 0.5) is 8.78 Å². The van der Waals surface area contributed by atoms with E-state index in [4.69, 9.17) is 14.0 Å². The number of methoxy groups -OCH3 is 1. The van der Waals surface area contributed by atoms with Crippen LogP contribution in [0.2, 0.25) is 0 Å². The summed E-state index contributed by atoms with van der Waals surface area (Å²) in [4.78, 5) is 10.5. The second-order valence-corrected chi connectivity index (χ2v) is 3.94. The van der Waals surface area contributed by atoms with Crippen LogP contribution < -0.4 is 4.74 Å². The third-order valence-corrected chi connectivity index (χ3v) is 2.42. The van der Waals surface area contributed by atoms with E-state index in [0.29, 0.717) is 17.7 Å². The van der Waals surface area contributed by atoms with Gasteiger partial charge in [0.15, 0.2) is 23.1 Å². The second kappa shape index (κ2) is 6.25. The predicted octanol–water partition coefficient (Wildman–Crippen LogP) is 2.49. The number of hydrogen-bond acceptors (Lipinski definition) is 5. The van der Waals surface area contributed by atoms with Crippen LogP contribution in [-0.4, -0.2) is 18.6 Å². The molecule has 0 aliphatic carbocycles. The van der Waals surface area contributed by atoms with Crippen LogP contribution in [-0.2, 0) is 18.0 Å². The van der Waals surface area contributed by atoms with Crippen LogP contribution >= 0.6 is 0 Å². The molecule has 0 unspecified atom stereocenters. The number of aldehydes is 1. The lowest BCUT2D eigenvalue weighted by Gasteiger charge is -2.06. The van der Waals surface area contributed by atoms with Crippen LogP contribution in [0.3, 0.4) is 0 Å². The van der Waals surface area contributed by atoms with Crippen molar-refractivity contribution in [3.05, 3.63) is 46.9 Å². The minimum atomic E-state index is -0.951. The Morgan fingerprint density at radius 3 is 2.55 bits per heavy atom. The van der Waals surface area contributed by atoms with E-state index in [0.717, 1.165) is 12.1 Å². The van der Waals surface area contributed by atoms with Gasteiger partial charge in [0.2, 0.25) is 0 Å². The summed E-state index contributed by atoms with van der Waals surface area (Å²) in [7, 11) is 1.50. The molecule has 0 N–H and O–H groups in total. The molecule has 0 spiro atoms. The number of halogens is 2. The minimum Gasteiger partial charge on any atom is -0.481 e. The molecule has 0 saturated carbocycles. The average Bonchev–Trinajstić information content (AvgIpc) is 2.85. The van der Waals surface area contributed by atoms with Crippen molar-refractivity contribution in [1.29, 1.82) is 0 Å². The zero-order chi connectivity index (χ0) is 14.5. The molecule has 2 rings (SSSR count).